The SMILES string of the molecule is CCCS(=O)(=O)N1CCC[C@@H](C(=O)N2CCN(c3oc(C4CC4)nc3C#N)CC2)C1. The van der Waals surface area contributed by atoms with E-state index in [0.717, 1.165) is 19.3 Å². The Labute approximate surface area is 177 Å². The molecule has 0 aromatic carbocycles. The van der Waals surface area contributed by atoms with Gasteiger partial charge in [0.25, 0.3) is 0 Å². The van der Waals surface area contributed by atoms with Gasteiger partial charge in [-0.05, 0) is 32.1 Å². The van der Waals surface area contributed by atoms with Crippen LogP contribution in [-0.4, -0.2) is 73.5 Å². The predicted molar refractivity (Wildman–Crippen MR) is 110 cm³/mol. The third-order valence-corrected chi connectivity index (χ3v) is 8.17. The van der Waals surface area contributed by atoms with Crippen molar-refractivity contribution in [3.05, 3.63) is 11.6 Å². The lowest BCUT2D eigenvalue weighted by molar-refractivity contribution is -0.137. The molecule has 0 bridgehead atoms. The Morgan fingerprint density at radius 2 is 1.93 bits per heavy atom. The Balaban J connectivity index is 1.36. The molecule has 1 aliphatic carbocycles. The van der Waals surface area contributed by atoms with Gasteiger partial charge >= 0.3 is 0 Å². The first kappa shape index (κ1) is 21.1. The lowest BCUT2D eigenvalue weighted by Gasteiger charge is -2.38. The van der Waals surface area contributed by atoms with Crippen LogP contribution < -0.4 is 4.90 Å². The summed E-state index contributed by atoms with van der Waals surface area (Å²) in [5.74, 6) is 1.39. The van der Waals surface area contributed by atoms with Crippen molar-refractivity contribution in [3.8, 4) is 6.07 Å². The number of sulfonamides is 1. The molecule has 1 aromatic rings. The molecule has 9 nitrogen and oxygen atoms in total. The molecule has 1 aromatic heterocycles. The number of carbonyl (C=O) groups is 1. The molecule has 10 heteroatoms. The molecule has 1 atom stereocenters. The molecular weight excluding hydrogens is 406 g/mol. The number of rotatable bonds is 6. The second-order valence-corrected chi connectivity index (χ2v) is 10.5. The van der Waals surface area contributed by atoms with E-state index in [1.54, 1.807) is 0 Å². The molecule has 0 spiro atoms. The van der Waals surface area contributed by atoms with Crippen LogP contribution in [0.15, 0.2) is 4.42 Å². The summed E-state index contributed by atoms with van der Waals surface area (Å²) in [7, 11) is -3.28. The number of oxazole rings is 1. The number of nitriles is 1. The first-order valence-corrected chi connectivity index (χ1v) is 12.5. The highest BCUT2D eigenvalue weighted by atomic mass is 32.2. The van der Waals surface area contributed by atoms with Gasteiger partial charge < -0.3 is 14.2 Å². The number of hydrogen-bond donors (Lipinski definition) is 0. The Hall–Kier alpha value is -2.12. The summed E-state index contributed by atoms with van der Waals surface area (Å²) in [6, 6.07) is 2.12. The monoisotopic (exact) mass is 435 g/mol. The fraction of sp³-hybridized carbons (Fsp3) is 0.750. The number of anilines is 1. The lowest BCUT2D eigenvalue weighted by atomic mass is 9.98. The van der Waals surface area contributed by atoms with Crippen molar-refractivity contribution in [2.75, 3.05) is 49.9 Å². The van der Waals surface area contributed by atoms with Crippen LogP contribution in [0.2, 0.25) is 0 Å². The summed E-state index contributed by atoms with van der Waals surface area (Å²) in [5, 5.41) is 9.39. The summed E-state index contributed by atoms with van der Waals surface area (Å²) < 4.78 is 32.2. The van der Waals surface area contributed by atoms with E-state index in [2.05, 4.69) is 11.1 Å². The van der Waals surface area contributed by atoms with Gasteiger partial charge in [-0.15, -0.1) is 0 Å². The highest BCUT2D eigenvalue weighted by molar-refractivity contribution is 7.89. The highest BCUT2D eigenvalue weighted by Gasteiger charge is 2.36. The molecule has 3 aliphatic rings. The van der Waals surface area contributed by atoms with Crippen molar-refractivity contribution in [1.82, 2.24) is 14.2 Å². The molecular formula is C20H29N5O4S. The molecule has 2 saturated heterocycles. The zero-order chi connectivity index (χ0) is 21.3. The molecule has 0 radical (unpaired) electrons. The third kappa shape index (κ3) is 4.32. The molecule has 4 rings (SSSR count). The van der Waals surface area contributed by atoms with E-state index in [4.69, 9.17) is 4.42 Å². The zero-order valence-corrected chi connectivity index (χ0v) is 18.2. The minimum Gasteiger partial charge on any atom is -0.423 e. The number of piperazine rings is 1. The number of hydrogen-bond acceptors (Lipinski definition) is 7. The minimum atomic E-state index is -3.28. The van der Waals surface area contributed by atoms with Crippen molar-refractivity contribution in [2.45, 2.75) is 44.9 Å². The normalized spacial score (nSPS) is 23.4. The maximum absolute atomic E-state index is 13.0. The quantitative estimate of drug-likeness (QED) is 0.666. The van der Waals surface area contributed by atoms with Gasteiger partial charge in [-0.25, -0.2) is 17.7 Å². The number of piperidine rings is 1. The van der Waals surface area contributed by atoms with E-state index in [1.807, 2.05) is 16.7 Å². The van der Waals surface area contributed by atoms with Crippen LogP contribution in [-0.2, 0) is 14.8 Å². The first-order chi connectivity index (χ1) is 14.4. The van der Waals surface area contributed by atoms with E-state index < -0.39 is 10.0 Å². The van der Waals surface area contributed by atoms with E-state index in [-0.39, 0.29) is 24.1 Å². The van der Waals surface area contributed by atoms with Crippen LogP contribution in [0.5, 0.6) is 0 Å². The van der Waals surface area contributed by atoms with Crippen molar-refractivity contribution >= 4 is 21.8 Å². The number of carbonyl (C=O) groups excluding carboxylic acids is 1. The van der Waals surface area contributed by atoms with Gasteiger partial charge in [0, 0.05) is 45.2 Å². The fourth-order valence-corrected chi connectivity index (χ4v) is 5.88. The number of amides is 1. The van der Waals surface area contributed by atoms with Gasteiger partial charge in [-0.1, -0.05) is 6.92 Å². The van der Waals surface area contributed by atoms with Crippen molar-refractivity contribution in [2.24, 2.45) is 5.92 Å². The van der Waals surface area contributed by atoms with Gasteiger partial charge in [0.1, 0.15) is 6.07 Å². The maximum Gasteiger partial charge on any atom is 0.234 e. The van der Waals surface area contributed by atoms with Crippen LogP contribution in [0.4, 0.5) is 5.88 Å². The lowest BCUT2D eigenvalue weighted by Crippen LogP contribution is -2.53. The van der Waals surface area contributed by atoms with E-state index in [1.165, 1.54) is 4.31 Å². The molecule has 1 saturated carbocycles. The molecule has 3 heterocycles. The molecule has 164 valence electrons. The molecule has 1 amide bonds. The fourth-order valence-electron chi connectivity index (χ4n) is 4.29. The Kier molecular flexibility index (Phi) is 6.02. The average molecular weight is 436 g/mol. The Morgan fingerprint density at radius 1 is 1.20 bits per heavy atom. The molecule has 2 aliphatic heterocycles. The smallest absolute Gasteiger partial charge is 0.234 e. The minimum absolute atomic E-state index is 0.0304. The molecule has 0 unspecified atom stereocenters. The van der Waals surface area contributed by atoms with Gasteiger partial charge in [0.15, 0.2) is 0 Å². The summed E-state index contributed by atoms with van der Waals surface area (Å²) in [4.78, 5) is 21.2. The zero-order valence-electron chi connectivity index (χ0n) is 17.4. The Morgan fingerprint density at radius 3 is 2.57 bits per heavy atom. The first-order valence-electron chi connectivity index (χ1n) is 10.8. The van der Waals surface area contributed by atoms with Gasteiger partial charge in [-0.3, -0.25) is 4.79 Å². The molecule has 3 fully saturated rings. The molecule has 30 heavy (non-hydrogen) atoms. The van der Waals surface area contributed by atoms with E-state index in [9.17, 15) is 18.5 Å². The van der Waals surface area contributed by atoms with Gasteiger partial charge in [0.05, 0.1) is 11.7 Å². The van der Waals surface area contributed by atoms with Gasteiger partial charge in [-0.2, -0.15) is 5.26 Å². The van der Waals surface area contributed by atoms with E-state index in [0.29, 0.717) is 69.0 Å². The van der Waals surface area contributed by atoms with Crippen molar-refractivity contribution < 1.29 is 17.6 Å². The van der Waals surface area contributed by atoms with Crippen molar-refractivity contribution in [1.29, 1.82) is 5.26 Å². The highest BCUT2D eigenvalue weighted by Crippen LogP contribution is 2.41. The number of nitrogens with zero attached hydrogens (tertiary/aromatic N) is 5. The summed E-state index contributed by atoms with van der Waals surface area (Å²) in [6.07, 6.45) is 4.13. The number of aromatic nitrogens is 1. The third-order valence-electron chi connectivity index (χ3n) is 6.13. The van der Waals surface area contributed by atoms with Crippen molar-refractivity contribution in [3.63, 3.8) is 0 Å². The maximum atomic E-state index is 13.0. The molecule has 0 N–H and O–H groups in total. The topological polar surface area (TPSA) is 111 Å². The van der Waals surface area contributed by atoms with Crippen LogP contribution in [0.25, 0.3) is 0 Å². The van der Waals surface area contributed by atoms with Crippen LogP contribution in [0.1, 0.15) is 56.5 Å². The predicted octanol–water partition coefficient (Wildman–Crippen LogP) is 1.52. The van der Waals surface area contributed by atoms with Crippen LogP contribution in [0, 0.1) is 17.2 Å². The van der Waals surface area contributed by atoms with Gasteiger partial charge in [0.2, 0.25) is 33.4 Å². The largest absolute Gasteiger partial charge is 0.423 e. The summed E-state index contributed by atoms with van der Waals surface area (Å²) in [5.41, 5.74) is 0.320. The summed E-state index contributed by atoms with van der Waals surface area (Å²) in [6.45, 7) is 4.85. The standard InChI is InChI=1S/C20H29N5O4S/c1-2-12-30(27,28)25-7-3-4-16(14-25)19(26)23-8-10-24(11-9-23)20-17(13-21)22-18(29-20)15-5-6-15/h15-16H,2-12,14H2,1H3/t16-/m1/s1. The van der Waals surface area contributed by atoms with Crippen LogP contribution >= 0.6 is 0 Å². The second-order valence-electron chi connectivity index (χ2n) is 8.42. The van der Waals surface area contributed by atoms with Crippen LogP contribution in [0.3, 0.4) is 0 Å². The second kappa shape index (κ2) is 8.55. The summed E-state index contributed by atoms with van der Waals surface area (Å²) >= 11 is 0. The Bertz CT molecular complexity index is 925. The average Bonchev–Trinajstić information content (AvgIpc) is 3.52. The van der Waals surface area contributed by atoms with E-state index >= 15 is 0 Å².